The number of aliphatic imine (C=N–C) groups is 2. The van der Waals surface area contributed by atoms with Gasteiger partial charge in [-0.25, -0.2) is 9.98 Å². The van der Waals surface area contributed by atoms with Crippen molar-refractivity contribution in [2.75, 3.05) is 0 Å². The zero-order valence-electron chi connectivity index (χ0n) is 32.0. The van der Waals surface area contributed by atoms with Crippen molar-refractivity contribution in [1.29, 1.82) is 0 Å². The van der Waals surface area contributed by atoms with E-state index in [4.69, 9.17) is 14.4 Å². The molecule has 0 bridgehead atoms. The summed E-state index contributed by atoms with van der Waals surface area (Å²) in [6, 6.07) is 66.0. The average molecular weight is 763 g/mol. The van der Waals surface area contributed by atoms with Gasteiger partial charge < -0.3 is 4.42 Å². The lowest BCUT2D eigenvalue weighted by Gasteiger charge is -2.11. The first-order valence-electron chi connectivity index (χ1n) is 19.6. The highest BCUT2D eigenvalue weighted by Gasteiger charge is 2.20. The minimum absolute atomic E-state index is 0.634. The Kier molecular flexibility index (Phi) is 9.17. The predicted molar refractivity (Wildman–Crippen MR) is 248 cm³/mol. The van der Waals surface area contributed by atoms with E-state index in [1.807, 2.05) is 42.5 Å². The van der Waals surface area contributed by atoms with Crippen LogP contribution in [0.4, 0.5) is 0 Å². The third kappa shape index (κ3) is 6.54. The maximum Gasteiger partial charge on any atom is 0.160 e. The fourth-order valence-corrected chi connectivity index (χ4v) is 9.15. The zero-order valence-corrected chi connectivity index (χ0v) is 32.8. The summed E-state index contributed by atoms with van der Waals surface area (Å²) >= 11 is 1.79. The van der Waals surface area contributed by atoms with Gasteiger partial charge in [-0.2, -0.15) is 0 Å². The summed E-state index contributed by atoms with van der Waals surface area (Å²) in [6.07, 6.45) is 0.738. The van der Waals surface area contributed by atoms with Gasteiger partial charge >= 0.3 is 0 Å². The van der Waals surface area contributed by atoms with Gasteiger partial charge in [-0.1, -0.05) is 165 Å². The van der Waals surface area contributed by atoms with Crippen molar-refractivity contribution < 1.29 is 4.42 Å². The van der Waals surface area contributed by atoms with Crippen molar-refractivity contribution in [1.82, 2.24) is 0 Å². The molecule has 10 aromatic rings. The lowest BCUT2D eigenvalue weighted by Crippen LogP contribution is -2.07. The lowest BCUT2D eigenvalue weighted by atomic mass is 9.93. The molecule has 0 unspecified atom stereocenters. The molecule has 0 spiro atoms. The Morgan fingerprint density at radius 2 is 1.17 bits per heavy atom. The van der Waals surface area contributed by atoms with Crippen LogP contribution in [0.25, 0.3) is 81.2 Å². The summed E-state index contributed by atoms with van der Waals surface area (Å²) < 4.78 is 9.05. The van der Waals surface area contributed by atoms with E-state index in [9.17, 15) is 0 Å². The first kappa shape index (κ1) is 35.3. The number of para-hydroxylation sites is 1. The van der Waals surface area contributed by atoms with Crippen LogP contribution in [0.5, 0.6) is 0 Å². The van der Waals surface area contributed by atoms with Gasteiger partial charge in [0.2, 0.25) is 0 Å². The minimum Gasteiger partial charge on any atom is -0.455 e. The molecule has 3 nitrogen and oxygen atoms in total. The molecule has 0 atom stereocenters. The number of fused-ring (bicyclic) bond motifs is 6. The van der Waals surface area contributed by atoms with E-state index in [0.717, 1.165) is 77.7 Å². The zero-order chi connectivity index (χ0) is 39.0. The van der Waals surface area contributed by atoms with Crippen LogP contribution in [0.3, 0.4) is 0 Å². The molecule has 0 N–H and O–H groups in total. The first-order valence-corrected chi connectivity index (χ1v) is 20.5. The van der Waals surface area contributed by atoms with Crippen LogP contribution in [0, 0.1) is 0 Å². The Labute approximate surface area is 341 Å². The molecule has 0 aliphatic heterocycles. The molecule has 10 rings (SSSR count). The van der Waals surface area contributed by atoms with E-state index < -0.39 is 0 Å². The fourth-order valence-electron chi connectivity index (χ4n) is 7.98. The maximum atomic E-state index is 6.67. The van der Waals surface area contributed by atoms with Crippen LogP contribution < -0.4 is 0 Å². The molecular formula is C54H38N2OS. The van der Waals surface area contributed by atoms with Gasteiger partial charge in [0.25, 0.3) is 0 Å². The van der Waals surface area contributed by atoms with Crippen molar-refractivity contribution in [3.63, 3.8) is 0 Å². The van der Waals surface area contributed by atoms with E-state index >= 15 is 0 Å². The summed E-state index contributed by atoms with van der Waals surface area (Å²) in [6.45, 7) is 6.55. The van der Waals surface area contributed by atoms with Crippen LogP contribution in [0.15, 0.2) is 209 Å². The van der Waals surface area contributed by atoms with Crippen LogP contribution in [0.2, 0.25) is 0 Å². The highest BCUT2D eigenvalue weighted by Crippen LogP contribution is 2.45. The third-order valence-corrected chi connectivity index (χ3v) is 12.0. The number of thiophene rings is 1. The average Bonchev–Trinajstić information content (AvgIpc) is 3.86. The van der Waals surface area contributed by atoms with Crippen molar-refractivity contribution >= 4 is 70.7 Å². The van der Waals surface area contributed by atoms with Gasteiger partial charge in [-0.15, -0.1) is 11.3 Å². The lowest BCUT2D eigenvalue weighted by molar-refractivity contribution is 0.670. The molecule has 2 aromatic heterocycles. The molecular weight excluding hydrogens is 725 g/mol. The van der Waals surface area contributed by atoms with E-state index in [1.165, 1.54) is 26.6 Å². The van der Waals surface area contributed by atoms with Crippen molar-refractivity contribution in [3.05, 3.63) is 211 Å². The highest BCUT2D eigenvalue weighted by molar-refractivity contribution is 7.26. The Balaban J connectivity index is 1.14. The monoisotopic (exact) mass is 762 g/mol. The molecule has 0 saturated carbocycles. The maximum absolute atomic E-state index is 6.67. The van der Waals surface area contributed by atoms with Gasteiger partial charge in [0.15, 0.2) is 5.84 Å². The normalized spacial score (nSPS) is 12.2. The van der Waals surface area contributed by atoms with Crippen molar-refractivity contribution in [3.8, 4) is 33.4 Å². The largest absolute Gasteiger partial charge is 0.455 e. The number of hydrogen-bond acceptors (Lipinski definition) is 3. The number of hydrogen-bond donors (Lipinski definition) is 0. The molecule has 4 heteroatoms. The molecule has 0 aliphatic carbocycles. The summed E-state index contributed by atoms with van der Waals surface area (Å²) in [5.41, 5.74) is 13.3. The van der Waals surface area contributed by atoms with E-state index in [1.54, 1.807) is 11.3 Å². The molecule has 8 aromatic carbocycles. The van der Waals surface area contributed by atoms with E-state index in [0.29, 0.717) is 11.5 Å². The van der Waals surface area contributed by atoms with Gasteiger partial charge in [0, 0.05) is 47.8 Å². The molecule has 0 saturated heterocycles. The molecule has 2 heterocycles. The summed E-state index contributed by atoms with van der Waals surface area (Å²) in [5.74, 6) is 0.634. The van der Waals surface area contributed by atoms with Gasteiger partial charge in [0.05, 0.1) is 5.70 Å². The Bertz CT molecular complexity index is 3210. The number of rotatable bonds is 8. The molecule has 58 heavy (non-hydrogen) atoms. The SMILES string of the molecule is C=C(/N=C(\N=C(/CC)c1cccc(-c2ccccc2)c1)c1ccc2c(c1)sc1cccc(-c3cc(-c4ccccc4)cc4c3oc3ccccc34)c12)c1ccccc1. The van der Waals surface area contributed by atoms with Crippen molar-refractivity contribution in [2.45, 2.75) is 13.3 Å². The topological polar surface area (TPSA) is 37.9 Å². The molecule has 276 valence electrons. The molecule has 0 radical (unpaired) electrons. The number of amidine groups is 1. The van der Waals surface area contributed by atoms with E-state index in [-0.39, 0.29) is 0 Å². The Hall–Kier alpha value is -7.14. The third-order valence-electron chi connectivity index (χ3n) is 10.9. The number of furan rings is 1. The number of nitrogens with zero attached hydrogens (tertiary/aromatic N) is 2. The van der Waals surface area contributed by atoms with Crippen LogP contribution >= 0.6 is 11.3 Å². The fraction of sp³-hybridized carbons (Fsp3) is 0.0370. The second-order valence-electron chi connectivity index (χ2n) is 14.5. The summed E-state index contributed by atoms with van der Waals surface area (Å²) in [7, 11) is 0. The Morgan fingerprint density at radius 3 is 1.95 bits per heavy atom. The Morgan fingerprint density at radius 1 is 0.500 bits per heavy atom. The minimum atomic E-state index is 0.634. The molecule has 0 amide bonds. The molecule has 0 fully saturated rings. The second-order valence-corrected chi connectivity index (χ2v) is 15.5. The predicted octanol–water partition coefficient (Wildman–Crippen LogP) is 15.3. The molecule has 0 aliphatic rings. The summed E-state index contributed by atoms with van der Waals surface area (Å²) in [5, 5.41) is 4.63. The van der Waals surface area contributed by atoms with Gasteiger partial charge in [-0.3, -0.25) is 0 Å². The smallest absolute Gasteiger partial charge is 0.160 e. The van der Waals surface area contributed by atoms with E-state index in [2.05, 4.69) is 159 Å². The van der Waals surface area contributed by atoms with Crippen LogP contribution in [-0.2, 0) is 0 Å². The van der Waals surface area contributed by atoms with Gasteiger partial charge in [0.1, 0.15) is 11.2 Å². The summed E-state index contributed by atoms with van der Waals surface area (Å²) in [4.78, 5) is 10.5. The quantitative estimate of drug-likeness (QED) is 0.112. The first-order chi connectivity index (χ1) is 28.6. The van der Waals surface area contributed by atoms with Crippen LogP contribution in [0.1, 0.15) is 30.0 Å². The van der Waals surface area contributed by atoms with Gasteiger partial charge in [-0.05, 0) is 81.8 Å². The number of benzene rings is 8. The second kappa shape index (κ2) is 15.1. The van der Waals surface area contributed by atoms with Crippen molar-refractivity contribution in [2.24, 2.45) is 9.98 Å². The highest BCUT2D eigenvalue weighted by atomic mass is 32.1. The standard InChI is InChI=1S/C54H38N2OS/c1-3-48(40-24-15-23-39(31-40)37-19-9-5-10-20-37)56-54(55-35(2)36-17-7-4-8-18-36)41-29-30-45-51(34-41)58-50-28-16-26-44(52(45)50)47-33-42(38-21-11-6-12-22-38)32-46-43-25-13-14-27-49(43)57-53(46)47/h4-34H,2-3H2,1H3/b55-54-,56-48+. The van der Waals surface area contributed by atoms with Crippen LogP contribution in [-0.4, -0.2) is 11.5 Å².